The van der Waals surface area contributed by atoms with Gasteiger partial charge < -0.3 is 5.11 Å². The second kappa shape index (κ2) is 6.10. The lowest BCUT2D eigenvalue weighted by atomic mass is 10.1. The van der Waals surface area contributed by atoms with Gasteiger partial charge in [0.05, 0.1) is 13.0 Å². The van der Waals surface area contributed by atoms with Crippen LogP contribution in [0.5, 0.6) is 0 Å². The van der Waals surface area contributed by atoms with Crippen LogP contribution in [0, 0.1) is 13.8 Å². The third-order valence-corrected chi connectivity index (χ3v) is 3.76. The van der Waals surface area contributed by atoms with E-state index in [1.165, 1.54) is 4.57 Å². The Balaban J connectivity index is 2.51. The van der Waals surface area contributed by atoms with E-state index in [0.29, 0.717) is 22.0 Å². The molecule has 1 N–H and O–H groups in total. The molecule has 110 valence electrons. The molecule has 1 aromatic heterocycles. The number of benzene rings is 1. The van der Waals surface area contributed by atoms with E-state index in [1.807, 2.05) is 18.2 Å². The molecule has 5 nitrogen and oxygen atoms in total. The Bertz CT molecular complexity index is 753. The summed E-state index contributed by atoms with van der Waals surface area (Å²) in [5.41, 5.74) is 2.01. The number of halogens is 1. The first kappa shape index (κ1) is 15.3. The van der Waals surface area contributed by atoms with Crippen molar-refractivity contribution >= 4 is 17.6 Å². The number of hydrogen-bond acceptors (Lipinski definition) is 3. The zero-order valence-electron chi connectivity index (χ0n) is 11.8. The van der Waals surface area contributed by atoms with E-state index in [2.05, 4.69) is 4.98 Å². The van der Waals surface area contributed by atoms with E-state index < -0.39 is 11.7 Å². The van der Waals surface area contributed by atoms with Gasteiger partial charge in [0.25, 0.3) is 0 Å². The van der Waals surface area contributed by atoms with Gasteiger partial charge in [-0.05, 0) is 25.5 Å². The Kier molecular flexibility index (Phi) is 4.43. The summed E-state index contributed by atoms with van der Waals surface area (Å²) in [4.78, 5) is 26.9. The fraction of sp³-hybridized carbons (Fsp3) is 0.267. The maximum absolute atomic E-state index is 12.1. The van der Waals surface area contributed by atoms with E-state index in [-0.39, 0.29) is 13.0 Å². The van der Waals surface area contributed by atoms with Gasteiger partial charge in [0, 0.05) is 22.0 Å². The van der Waals surface area contributed by atoms with Crippen LogP contribution in [0.1, 0.15) is 22.5 Å². The van der Waals surface area contributed by atoms with Crippen molar-refractivity contribution in [3.63, 3.8) is 0 Å². The maximum atomic E-state index is 12.1. The van der Waals surface area contributed by atoms with Crippen LogP contribution in [-0.4, -0.2) is 20.6 Å². The number of aliphatic carboxylic acids is 1. The van der Waals surface area contributed by atoms with Gasteiger partial charge in [-0.25, -0.2) is 4.79 Å². The third-order valence-electron chi connectivity index (χ3n) is 3.39. The summed E-state index contributed by atoms with van der Waals surface area (Å²) in [7, 11) is 0. The fourth-order valence-corrected chi connectivity index (χ4v) is 2.43. The van der Waals surface area contributed by atoms with Gasteiger partial charge in [-0.15, -0.1) is 0 Å². The van der Waals surface area contributed by atoms with Crippen LogP contribution in [0.3, 0.4) is 0 Å². The molecule has 2 rings (SSSR count). The van der Waals surface area contributed by atoms with E-state index in [1.54, 1.807) is 19.9 Å². The van der Waals surface area contributed by atoms with Gasteiger partial charge in [-0.3, -0.25) is 9.36 Å². The number of hydrogen-bond donors (Lipinski definition) is 1. The minimum Gasteiger partial charge on any atom is -0.481 e. The van der Waals surface area contributed by atoms with Crippen LogP contribution in [0.4, 0.5) is 0 Å². The molecule has 0 aliphatic rings. The van der Waals surface area contributed by atoms with Crippen molar-refractivity contribution in [2.24, 2.45) is 0 Å². The predicted molar refractivity (Wildman–Crippen MR) is 79.9 cm³/mol. The first-order valence-electron chi connectivity index (χ1n) is 6.42. The standard InChI is InChI=1S/C15H15ClN2O3/c1-9-12(7-14(19)20)10(2)18(15(21)17-9)8-11-5-3-4-6-13(11)16/h3-6H,7-8H2,1-2H3,(H,19,20). The molecule has 0 aliphatic heterocycles. The van der Waals surface area contributed by atoms with Crippen LogP contribution in [0.15, 0.2) is 29.1 Å². The molecule has 0 bridgehead atoms. The van der Waals surface area contributed by atoms with Gasteiger partial charge in [0.2, 0.25) is 0 Å². The average Bonchev–Trinajstić information content (AvgIpc) is 2.41. The van der Waals surface area contributed by atoms with Crippen LogP contribution in [0.25, 0.3) is 0 Å². The van der Waals surface area contributed by atoms with Crippen molar-refractivity contribution in [1.82, 2.24) is 9.55 Å². The van der Waals surface area contributed by atoms with Gasteiger partial charge >= 0.3 is 11.7 Å². The van der Waals surface area contributed by atoms with Gasteiger partial charge in [0.15, 0.2) is 0 Å². The average molecular weight is 307 g/mol. The molecule has 0 saturated carbocycles. The van der Waals surface area contributed by atoms with Gasteiger partial charge in [-0.2, -0.15) is 4.98 Å². The Morgan fingerprint density at radius 2 is 2.00 bits per heavy atom. The molecular formula is C15H15ClN2O3. The number of aryl methyl sites for hydroxylation is 1. The van der Waals surface area contributed by atoms with Crippen LogP contribution < -0.4 is 5.69 Å². The molecule has 0 unspecified atom stereocenters. The van der Waals surface area contributed by atoms with Crippen molar-refractivity contribution in [2.75, 3.05) is 0 Å². The number of aromatic nitrogens is 2. The zero-order chi connectivity index (χ0) is 15.6. The quantitative estimate of drug-likeness (QED) is 0.940. The highest BCUT2D eigenvalue weighted by Crippen LogP contribution is 2.17. The smallest absolute Gasteiger partial charge is 0.348 e. The van der Waals surface area contributed by atoms with Gasteiger partial charge in [-0.1, -0.05) is 29.8 Å². The summed E-state index contributed by atoms with van der Waals surface area (Å²) in [6.45, 7) is 3.64. The topological polar surface area (TPSA) is 72.2 Å². The SMILES string of the molecule is Cc1nc(=O)n(Cc2ccccc2Cl)c(C)c1CC(=O)O. The molecule has 0 atom stereocenters. The first-order valence-corrected chi connectivity index (χ1v) is 6.80. The van der Waals surface area contributed by atoms with E-state index >= 15 is 0 Å². The second-order valence-corrected chi connectivity index (χ2v) is 5.20. The maximum Gasteiger partial charge on any atom is 0.348 e. The summed E-state index contributed by atoms with van der Waals surface area (Å²) < 4.78 is 1.45. The highest BCUT2D eigenvalue weighted by atomic mass is 35.5. The second-order valence-electron chi connectivity index (χ2n) is 4.79. The summed E-state index contributed by atoms with van der Waals surface area (Å²) in [5, 5.41) is 9.53. The number of carbonyl (C=O) groups is 1. The minimum atomic E-state index is -0.953. The van der Waals surface area contributed by atoms with Crippen molar-refractivity contribution in [2.45, 2.75) is 26.8 Å². The van der Waals surface area contributed by atoms with Crippen LogP contribution in [0.2, 0.25) is 5.02 Å². The first-order chi connectivity index (χ1) is 9.90. The molecule has 1 aromatic carbocycles. The van der Waals surface area contributed by atoms with E-state index in [9.17, 15) is 9.59 Å². The Hall–Kier alpha value is -2.14. The fourth-order valence-electron chi connectivity index (χ4n) is 2.23. The zero-order valence-corrected chi connectivity index (χ0v) is 12.5. The summed E-state index contributed by atoms with van der Waals surface area (Å²) in [5.74, 6) is -0.953. The molecule has 0 saturated heterocycles. The molecule has 0 fully saturated rings. The Morgan fingerprint density at radius 1 is 1.33 bits per heavy atom. The molecule has 1 heterocycles. The summed E-state index contributed by atoms with van der Waals surface area (Å²) >= 11 is 6.10. The van der Waals surface area contributed by atoms with Crippen molar-refractivity contribution in [1.29, 1.82) is 0 Å². The van der Waals surface area contributed by atoms with E-state index in [0.717, 1.165) is 5.56 Å². The lowest BCUT2D eigenvalue weighted by Crippen LogP contribution is -2.29. The van der Waals surface area contributed by atoms with Crippen molar-refractivity contribution < 1.29 is 9.90 Å². The number of carboxylic acids is 1. The van der Waals surface area contributed by atoms with Crippen molar-refractivity contribution in [3.8, 4) is 0 Å². The Labute approximate surface area is 126 Å². The normalized spacial score (nSPS) is 10.6. The molecule has 6 heteroatoms. The highest BCUT2D eigenvalue weighted by Gasteiger charge is 2.15. The Morgan fingerprint density at radius 3 is 2.62 bits per heavy atom. The molecule has 0 spiro atoms. The number of rotatable bonds is 4. The van der Waals surface area contributed by atoms with Crippen molar-refractivity contribution in [3.05, 3.63) is 62.3 Å². The monoisotopic (exact) mass is 306 g/mol. The molecular weight excluding hydrogens is 292 g/mol. The molecule has 21 heavy (non-hydrogen) atoms. The lowest BCUT2D eigenvalue weighted by Gasteiger charge is -2.15. The van der Waals surface area contributed by atoms with Gasteiger partial charge in [0.1, 0.15) is 0 Å². The minimum absolute atomic E-state index is 0.159. The lowest BCUT2D eigenvalue weighted by molar-refractivity contribution is -0.136. The third kappa shape index (κ3) is 3.31. The number of carboxylic acid groups (broad SMARTS) is 1. The van der Waals surface area contributed by atoms with Crippen LogP contribution >= 0.6 is 11.6 Å². The molecule has 0 aliphatic carbocycles. The molecule has 0 amide bonds. The predicted octanol–water partition coefficient (Wildman–Crippen LogP) is 2.19. The largest absolute Gasteiger partial charge is 0.481 e. The van der Waals surface area contributed by atoms with Crippen LogP contribution in [-0.2, 0) is 17.8 Å². The highest BCUT2D eigenvalue weighted by molar-refractivity contribution is 6.31. The molecule has 2 aromatic rings. The molecule has 0 radical (unpaired) electrons. The summed E-state index contributed by atoms with van der Waals surface area (Å²) in [6.07, 6.45) is -0.159. The summed E-state index contributed by atoms with van der Waals surface area (Å²) in [6, 6.07) is 7.22. The van der Waals surface area contributed by atoms with E-state index in [4.69, 9.17) is 16.7 Å². The number of nitrogens with zero attached hydrogens (tertiary/aromatic N) is 2.